The molecule has 0 saturated heterocycles. The first-order valence-corrected chi connectivity index (χ1v) is 8.52. The van der Waals surface area contributed by atoms with Gasteiger partial charge in [0.05, 0.1) is 19.2 Å². The molecule has 0 radical (unpaired) electrons. The highest BCUT2D eigenvalue weighted by atomic mass is 19.4. The van der Waals surface area contributed by atoms with Gasteiger partial charge in [0.1, 0.15) is 11.4 Å². The number of benzene rings is 1. The van der Waals surface area contributed by atoms with Gasteiger partial charge in [-0.25, -0.2) is 4.79 Å². The van der Waals surface area contributed by atoms with E-state index >= 15 is 0 Å². The zero-order valence-corrected chi connectivity index (χ0v) is 15.3. The zero-order chi connectivity index (χ0) is 20.4. The van der Waals surface area contributed by atoms with Crippen LogP contribution in [0, 0.1) is 11.8 Å². The second kappa shape index (κ2) is 8.02. The van der Waals surface area contributed by atoms with Crippen LogP contribution in [-0.4, -0.2) is 35.2 Å². The molecule has 1 aromatic carbocycles. The molecular formula is C19H22F3NO4. The van der Waals surface area contributed by atoms with E-state index in [4.69, 9.17) is 4.74 Å². The van der Waals surface area contributed by atoms with Crippen molar-refractivity contribution in [1.29, 1.82) is 0 Å². The highest BCUT2D eigenvalue weighted by Crippen LogP contribution is 2.41. The standard InChI is InChI=1S/C19H22F3NO4/c1-11(2)8-13-9-15(24)23(10-12-4-6-14(27-3)7-5-12)17(19(20,21)22)16(13)18(25)26/h4-7,11,13H,8-10H2,1-3H3,(H,25,26). The van der Waals surface area contributed by atoms with E-state index in [0.29, 0.717) is 16.2 Å². The van der Waals surface area contributed by atoms with E-state index in [0.717, 1.165) is 0 Å². The minimum Gasteiger partial charge on any atom is -0.497 e. The summed E-state index contributed by atoms with van der Waals surface area (Å²) in [6.45, 7) is 3.20. The van der Waals surface area contributed by atoms with Crippen LogP contribution in [0.15, 0.2) is 35.5 Å². The van der Waals surface area contributed by atoms with Crippen LogP contribution in [0.3, 0.4) is 0 Å². The molecule has 27 heavy (non-hydrogen) atoms. The predicted molar refractivity (Wildman–Crippen MR) is 91.8 cm³/mol. The van der Waals surface area contributed by atoms with Gasteiger partial charge in [-0.05, 0) is 30.0 Å². The van der Waals surface area contributed by atoms with Crippen LogP contribution in [0.4, 0.5) is 13.2 Å². The number of aliphatic carboxylic acids is 1. The summed E-state index contributed by atoms with van der Waals surface area (Å²) in [6.07, 6.45) is -5.01. The number of halogens is 3. The van der Waals surface area contributed by atoms with E-state index in [2.05, 4.69) is 0 Å². The minimum absolute atomic E-state index is 0.0419. The minimum atomic E-state index is -4.95. The van der Waals surface area contributed by atoms with Gasteiger partial charge < -0.3 is 14.7 Å². The maximum Gasteiger partial charge on any atom is 0.432 e. The number of allylic oxidation sites excluding steroid dienone is 1. The van der Waals surface area contributed by atoms with Crippen LogP contribution in [-0.2, 0) is 16.1 Å². The number of methoxy groups -OCH3 is 1. The zero-order valence-electron chi connectivity index (χ0n) is 15.3. The Hall–Kier alpha value is -2.51. The largest absolute Gasteiger partial charge is 0.497 e. The van der Waals surface area contributed by atoms with Gasteiger partial charge in [-0.3, -0.25) is 4.79 Å². The summed E-state index contributed by atoms with van der Waals surface area (Å²) in [7, 11) is 1.46. The van der Waals surface area contributed by atoms with Crippen LogP contribution in [0.1, 0.15) is 32.3 Å². The van der Waals surface area contributed by atoms with Crippen molar-refractivity contribution in [2.45, 2.75) is 39.4 Å². The maximum atomic E-state index is 13.8. The van der Waals surface area contributed by atoms with Gasteiger partial charge in [0.15, 0.2) is 0 Å². The van der Waals surface area contributed by atoms with Crippen molar-refractivity contribution in [2.75, 3.05) is 7.11 Å². The second-order valence-corrected chi connectivity index (χ2v) is 6.92. The number of ether oxygens (including phenoxy) is 1. The third-order valence-electron chi connectivity index (χ3n) is 4.41. The normalized spacial score (nSPS) is 18.3. The molecule has 148 valence electrons. The monoisotopic (exact) mass is 385 g/mol. The fraction of sp³-hybridized carbons (Fsp3) is 0.474. The Bertz CT molecular complexity index is 738. The molecule has 0 spiro atoms. The summed E-state index contributed by atoms with van der Waals surface area (Å²) < 4.78 is 46.3. The number of alkyl halides is 3. The number of carbonyl (C=O) groups is 2. The molecule has 1 N–H and O–H groups in total. The molecule has 1 unspecified atom stereocenters. The summed E-state index contributed by atoms with van der Waals surface area (Å²) in [5.74, 6) is -2.84. The highest BCUT2D eigenvalue weighted by Gasteiger charge is 2.49. The van der Waals surface area contributed by atoms with Crippen molar-refractivity contribution in [3.8, 4) is 5.75 Å². The number of carboxylic acid groups (broad SMARTS) is 1. The molecule has 2 rings (SSSR count). The number of nitrogens with zero attached hydrogens (tertiary/aromatic N) is 1. The summed E-state index contributed by atoms with van der Waals surface area (Å²) in [5, 5.41) is 9.48. The molecule has 1 amide bonds. The third kappa shape index (κ3) is 4.81. The van der Waals surface area contributed by atoms with E-state index in [1.165, 1.54) is 7.11 Å². The topological polar surface area (TPSA) is 66.8 Å². The lowest BCUT2D eigenvalue weighted by Gasteiger charge is -2.36. The molecule has 0 aliphatic carbocycles. The Balaban J connectivity index is 2.51. The SMILES string of the molecule is COc1ccc(CN2C(=O)CC(CC(C)C)C(C(=O)O)=C2C(F)(F)F)cc1. The fourth-order valence-electron chi connectivity index (χ4n) is 3.32. The number of amides is 1. The lowest BCUT2D eigenvalue weighted by atomic mass is 9.82. The Kier molecular flexibility index (Phi) is 6.18. The van der Waals surface area contributed by atoms with Crippen molar-refractivity contribution in [2.24, 2.45) is 11.8 Å². The number of hydrogen-bond acceptors (Lipinski definition) is 3. The average molecular weight is 385 g/mol. The smallest absolute Gasteiger partial charge is 0.432 e. The average Bonchev–Trinajstić information content (AvgIpc) is 2.55. The van der Waals surface area contributed by atoms with E-state index in [1.807, 2.05) is 0 Å². The van der Waals surface area contributed by atoms with Crippen molar-refractivity contribution in [3.05, 3.63) is 41.1 Å². The molecule has 1 aliphatic rings. The Morgan fingerprint density at radius 2 is 1.89 bits per heavy atom. The third-order valence-corrected chi connectivity index (χ3v) is 4.41. The summed E-state index contributed by atoms with van der Waals surface area (Å²) in [6, 6.07) is 6.22. The van der Waals surface area contributed by atoms with E-state index in [1.54, 1.807) is 38.1 Å². The summed E-state index contributed by atoms with van der Waals surface area (Å²) >= 11 is 0. The Morgan fingerprint density at radius 3 is 2.33 bits per heavy atom. The number of carboxylic acids is 1. The van der Waals surface area contributed by atoms with Crippen LogP contribution >= 0.6 is 0 Å². The van der Waals surface area contributed by atoms with Gasteiger partial charge in [-0.2, -0.15) is 13.2 Å². The highest BCUT2D eigenvalue weighted by molar-refractivity contribution is 5.93. The van der Waals surface area contributed by atoms with Gasteiger partial charge in [-0.15, -0.1) is 0 Å². The Labute approximate surface area is 155 Å². The molecule has 8 heteroatoms. The number of rotatable bonds is 6. The summed E-state index contributed by atoms with van der Waals surface area (Å²) in [4.78, 5) is 24.7. The van der Waals surface area contributed by atoms with E-state index in [-0.39, 0.29) is 25.3 Å². The molecule has 1 aromatic rings. The van der Waals surface area contributed by atoms with E-state index in [9.17, 15) is 27.9 Å². The Morgan fingerprint density at radius 1 is 1.30 bits per heavy atom. The van der Waals surface area contributed by atoms with E-state index < -0.39 is 35.2 Å². The quantitative estimate of drug-likeness (QED) is 0.804. The van der Waals surface area contributed by atoms with Crippen molar-refractivity contribution < 1.29 is 32.6 Å². The summed E-state index contributed by atoms with van der Waals surface area (Å²) in [5.41, 5.74) is -1.66. The molecule has 5 nitrogen and oxygen atoms in total. The van der Waals surface area contributed by atoms with Gasteiger partial charge in [0.2, 0.25) is 5.91 Å². The first-order chi connectivity index (χ1) is 12.5. The first kappa shape index (κ1) is 20.8. The van der Waals surface area contributed by atoms with Crippen molar-refractivity contribution >= 4 is 11.9 Å². The predicted octanol–water partition coefficient (Wildman–Crippen LogP) is 3.99. The molecule has 0 bridgehead atoms. The second-order valence-electron chi connectivity index (χ2n) is 6.92. The van der Waals surface area contributed by atoms with Crippen molar-refractivity contribution in [3.63, 3.8) is 0 Å². The molecule has 1 heterocycles. The van der Waals surface area contributed by atoms with Gasteiger partial charge in [0.25, 0.3) is 0 Å². The lowest BCUT2D eigenvalue weighted by molar-refractivity contribution is -0.150. The van der Waals surface area contributed by atoms with Crippen LogP contribution in [0.5, 0.6) is 5.75 Å². The van der Waals surface area contributed by atoms with Gasteiger partial charge in [-0.1, -0.05) is 26.0 Å². The van der Waals surface area contributed by atoms with Crippen LogP contribution in [0.2, 0.25) is 0 Å². The van der Waals surface area contributed by atoms with Gasteiger partial charge in [0, 0.05) is 12.3 Å². The number of hydrogen-bond donors (Lipinski definition) is 1. The first-order valence-electron chi connectivity index (χ1n) is 8.52. The maximum absolute atomic E-state index is 13.8. The lowest BCUT2D eigenvalue weighted by Crippen LogP contribution is -2.44. The molecule has 1 aliphatic heterocycles. The molecule has 0 aromatic heterocycles. The van der Waals surface area contributed by atoms with Crippen LogP contribution < -0.4 is 4.74 Å². The number of carbonyl (C=O) groups excluding carboxylic acids is 1. The fourth-order valence-corrected chi connectivity index (χ4v) is 3.32. The molecular weight excluding hydrogens is 363 g/mol. The van der Waals surface area contributed by atoms with Crippen molar-refractivity contribution in [1.82, 2.24) is 4.90 Å². The molecule has 0 fully saturated rings. The molecule has 1 atom stereocenters. The van der Waals surface area contributed by atoms with Crippen LogP contribution in [0.25, 0.3) is 0 Å². The molecule has 0 saturated carbocycles. The van der Waals surface area contributed by atoms with Gasteiger partial charge >= 0.3 is 12.1 Å².